The van der Waals surface area contributed by atoms with Gasteiger partial charge in [-0.3, -0.25) is 9.00 Å². The number of hydrogen-bond donors (Lipinski definition) is 2. The van der Waals surface area contributed by atoms with Crippen molar-refractivity contribution in [2.45, 2.75) is 50.8 Å². The van der Waals surface area contributed by atoms with Gasteiger partial charge in [0.2, 0.25) is 5.91 Å². The number of nitrogens with zero attached hydrogens (tertiary/aromatic N) is 3. The van der Waals surface area contributed by atoms with Crippen LogP contribution >= 0.6 is 24.0 Å². The lowest BCUT2D eigenvalue weighted by atomic mass is 9.95. The van der Waals surface area contributed by atoms with Crippen LogP contribution in [0.1, 0.15) is 39.5 Å². The molecular formula is C23H38IN5O2S. The minimum atomic E-state index is -0.749. The molecule has 1 saturated heterocycles. The van der Waals surface area contributed by atoms with E-state index in [1.165, 1.54) is 5.69 Å². The first kappa shape index (κ1) is 26.9. The van der Waals surface area contributed by atoms with Crippen molar-refractivity contribution in [3.8, 4) is 0 Å². The second kappa shape index (κ2) is 14.0. The standard InChI is InChI=1S/C23H37N5O2S.HI/c1-3-24-23(26-19-9-8-12-21(17-19)31(30)4-2)25-18-22(29)28-15-13-27(14-16-28)20-10-6-5-7-11-20;/h5-7,10-11,19,21H,3-4,8-9,12-18H2,1-2H3,(H2,24,25,26);1H. The molecule has 180 valence electrons. The van der Waals surface area contributed by atoms with E-state index in [0.717, 1.165) is 64.2 Å². The molecule has 0 spiro atoms. The third kappa shape index (κ3) is 7.90. The van der Waals surface area contributed by atoms with Crippen LogP contribution in [0.2, 0.25) is 0 Å². The van der Waals surface area contributed by atoms with E-state index in [0.29, 0.717) is 5.96 Å². The van der Waals surface area contributed by atoms with Crippen molar-refractivity contribution in [3.63, 3.8) is 0 Å². The maximum absolute atomic E-state index is 12.7. The van der Waals surface area contributed by atoms with Gasteiger partial charge in [0.1, 0.15) is 6.54 Å². The van der Waals surface area contributed by atoms with E-state index in [2.05, 4.69) is 32.7 Å². The van der Waals surface area contributed by atoms with Gasteiger partial charge >= 0.3 is 0 Å². The average molecular weight is 576 g/mol. The van der Waals surface area contributed by atoms with Crippen LogP contribution in [0.25, 0.3) is 0 Å². The van der Waals surface area contributed by atoms with Crippen molar-refractivity contribution >= 4 is 52.3 Å². The number of nitrogens with one attached hydrogen (secondary N) is 2. The first-order valence-electron chi connectivity index (χ1n) is 11.6. The van der Waals surface area contributed by atoms with Crippen molar-refractivity contribution in [2.24, 2.45) is 4.99 Å². The normalized spacial score (nSPS) is 22.6. The van der Waals surface area contributed by atoms with Crippen LogP contribution in [0.3, 0.4) is 0 Å². The third-order valence-corrected chi connectivity index (χ3v) is 7.83. The Kier molecular flexibility index (Phi) is 11.8. The molecule has 0 bridgehead atoms. The maximum atomic E-state index is 12.7. The summed E-state index contributed by atoms with van der Waals surface area (Å²) < 4.78 is 12.2. The Bertz CT molecular complexity index is 756. The molecule has 3 rings (SSSR count). The van der Waals surface area contributed by atoms with E-state index in [1.54, 1.807) is 0 Å². The predicted octanol–water partition coefficient (Wildman–Crippen LogP) is 2.59. The number of halogens is 1. The topological polar surface area (TPSA) is 77.0 Å². The van der Waals surface area contributed by atoms with Crippen LogP contribution < -0.4 is 15.5 Å². The highest BCUT2D eigenvalue weighted by molar-refractivity contribution is 14.0. The molecule has 0 radical (unpaired) electrons. The predicted molar refractivity (Wildman–Crippen MR) is 144 cm³/mol. The second-order valence-electron chi connectivity index (χ2n) is 8.20. The summed E-state index contributed by atoms with van der Waals surface area (Å²) in [6.07, 6.45) is 4.08. The minimum absolute atomic E-state index is 0. The van der Waals surface area contributed by atoms with Crippen LogP contribution in [0.4, 0.5) is 5.69 Å². The molecular weight excluding hydrogens is 537 g/mol. The van der Waals surface area contributed by atoms with E-state index in [1.807, 2.05) is 36.9 Å². The number of amides is 1. The zero-order valence-corrected chi connectivity index (χ0v) is 22.4. The summed E-state index contributed by atoms with van der Waals surface area (Å²) in [6.45, 7) is 8.04. The number of carbonyl (C=O) groups excluding carboxylic acids is 1. The summed E-state index contributed by atoms with van der Waals surface area (Å²) in [5.74, 6) is 1.47. The summed E-state index contributed by atoms with van der Waals surface area (Å²) in [5.41, 5.74) is 1.21. The molecule has 7 nitrogen and oxygen atoms in total. The molecule has 2 fully saturated rings. The largest absolute Gasteiger partial charge is 0.368 e. The summed E-state index contributed by atoms with van der Waals surface area (Å²) >= 11 is 0. The Hall–Kier alpha value is -1.36. The highest BCUT2D eigenvalue weighted by Crippen LogP contribution is 2.23. The fourth-order valence-electron chi connectivity index (χ4n) is 4.36. The van der Waals surface area contributed by atoms with Gasteiger partial charge in [-0.25, -0.2) is 4.99 Å². The van der Waals surface area contributed by atoms with E-state index in [4.69, 9.17) is 0 Å². The van der Waals surface area contributed by atoms with E-state index < -0.39 is 10.8 Å². The number of piperazine rings is 1. The molecule has 1 saturated carbocycles. The Balaban J connectivity index is 0.00000363. The van der Waals surface area contributed by atoms with E-state index in [9.17, 15) is 9.00 Å². The summed E-state index contributed by atoms with van der Waals surface area (Å²) in [6, 6.07) is 10.6. The number of guanidine groups is 1. The minimum Gasteiger partial charge on any atom is -0.368 e. The highest BCUT2D eigenvalue weighted by Gasteiger charge is 2.26. The fourth-order valence-corrected chi connectivity index (χ4v) is 5.71. The third-order valence-electron chi connectivity index (χ3n) is 6.09. The molecule has 1 aromatic rings. The van der Waals surface area contributed by atoms with E-state index in [-0.39, 0.29) is 47.7 Å². The van der Waals surface area contributed by atoms with Crippen molar-refractivity contribution in [2.75, 3.05) is 49.9 Å². The number of aliphatic imine (C=N–C) groups is 1. The first-order chi connectivity index (χ1) is 15.1. The van der Waals surface area contributed by atoms with Gasteiger partial charge in [-0.2, -0.15) is 0 Å². The summed E-state index contributed by atoms with van der Waals surface area (Å²) in [4.78, 5) is 21.5. The molecule has 3 unspecified atom stereocenters. The Morgan fingerprint density at radius 2 is 1.84 bits per heavy atom. The van der Waals surface area contributed by atoms with Gasteiger partial charge in [-0.1, -0.05) is 31.5 Å². The van der Waals surface area contributed by atoms with Gasteiger partial charge in [-0.15, -0.1) is 24.0 Å². The van der Waals surface area contributed by atoms with Crippen LogP contribution in [-0.4, -0.2) is 77.3 Å². The molecule has 1 aromatic carbocycles. The van der Waals surface area contributed by atoms with Crippen LogP contribution in [-0.2, 0) is 15.6 Å². The lowest BCUT2D eigenvalue weighted by Crippen LogP contribution is -2.50. The van der Waals surface area contributed by atoms with Gasteiger partial charge in [0.15, 0.2) is 5.96 Å². The zero-order chi connectivity index (χ0) is 22.1. The molecule has 1 amide bonds. The molecule has 3 atom stereocenters. The average Bonchev–Trinajstić information content (AvgIpc) is 2.83. The number of carbonyl (C=O) groups is 1. The Labute approximate surface area is 212 Å². The van der Waals surface area contributed by atoms with Gasteiger partial charge in [0, 0.05) is 66.3 Å². The lowest BCUT2D eigenvalue weighted by molar-refractivity contribution is -0.129. The number of benzene rings is 1. The van der Waals surface area contributed by atoms with Gasteiger partial charge in [0.05, 0.1) is 0 Å². The first-order valence-corrected chi connectivity index (χ1v) is 13.0. The smallest absolute Gasteiger partial charge is 0.244 e. The molecule has 2 aliphatic rings. The Morgan fingerprint density at radius 3 is 2.50 bits per heavy atom. The highest BCUT2D eigenvalue weighted by atomic mass is 127. The summed E-state index contributed by atoms with van der Waals surface area (Å²) in [5, 5.41) is 7.00. The lowest BCUT2D eigenvalue weighted by Gasteiger charge is -2.36. The molecule has 0 aromatic heterocycles. The van der Waals surface area contributed by atoms with Gasteiger partial charge in [0.25, 0.3) is 0 Å². The van der Waals surface area contributed by atoms with Crippen molar-refractivity contribution in [3.05, 3.63) is 30.3 Å². The van der Waals surface area contributed by atoms with Crippen molar-refractivity contribution in [1.82, 2.24) is 15.5 Å². The fraction of sp³-hybridized carbons (Fsp3) is 0.652. The second-order valence-corrected chi connectivity index (χ2v) is 10.2. The quantitative estimate of drug-likeness (QED) is 0.297. The van der Waals surface area contributed by atoms with Crippen LogP contribution in [0.15, 0.2) is 35.3 Å². The number of anilines is 1. The molecule has 1 heterocycles. The Morgan fingerprint density at radius 1 is 1.12 bits per heavy atom. The number of rotatable bonds is 7. The summed E-state index contributed by atoms with van der Waals surface area (Å²) in [7, 11) is -0.749. The van der Waals surface area contributed by atoms with Crippen LogP contribution in [0, 0.1) is 0 Å². The van der Waals surface area contributed by atoms with Crippen LogP contribution in [0.5, 0.6) is 0 Å². The number of hydrogen-bond acceptors (Lipinski definition) is 4. The molecule has 2 N–H and O–H groups in total. The van der Waals surface area contributed by atoms with E-state index >= 15 is 0 Å². The molecule has 9 heteroatoms. The van der Waals surface area contributed by atoms with Gasteiger partial charge < -0.3 is 20.4 Å². The molecule has 1 aliphatic carbocycles. The van der Waals surface area contributed by atoms with Gasteiger partial charge in [-0.05, 0) is 38.3 Å². The SMILES string of the molecule is CCNC(=NCC(=O)N1CCN(c2ccccc2)CC1)NC1CCCC(S(=O)CC)C1.I. The maximum Gasteiger partial charge on any atom is 0.244 e. The van der Waals surface area contributed by atoms with Crippen molar-refractivity contribution < 1.29 is 9.00 Å². The number of para-hydroxylation sites is 1. The molecule has 1 aliphatic heterocycles. The van der Waals surface area contributed by atoms with Crippen molar-refractivity contribution in [1.29, 1.82) is 0 Å². The monoisotopic (exact) mass is 575 g/mol. The molecule has 32 heavy (non-hydrogen) atoms. The zero-order valence-electron chi connectivity index (χ0n) is 19.3.